The summed E-state index contributed by atoms with van der Waals surface area (Å²) in [6.45, 7) is 0. The van der Waals surface area contributed by atoms with E-state index in [4.69, 9.17) is 0 Å². The van der Waals surface area contributed by atoms with Crippen molar-refractivity contribution in [2.24, 2.45) is 11.8 Å². The highest BCUT2D eigenvalue weighted by molar-refractivity contribution is 5.97. The summed E-state index contributed by atoms with van der Waals surface area (Å²) in [6.07, 6.45) is 5.34. The molecule has 3 nitrogen and oxygen atoms in total. The maximum atomic E-state index is 10.9. The predicted octanol–water partition coefficient (Wildman–Crippen LogP) is 0.652. The van der Waals surface area contributed by atoms with Gasteiger partial charge in [0, 0.05) is 0 Å². The summed E-state index contributed by atoms with van der Waals surface area (Å²) in [4.78, 5) is 21.9. The summed E-state index contributed by atoms with van der Waals surface area (Å²) in [5.41, 5.74) is 0. The maximum Gasteiger partial charge on any atom is 0.321 e. The Kier molecular flexibility index (Phi) is 1.31. The number of rotatable bonds is 0. The van der Waals surface area contributed by atoms with Crippen LogP contribution in [0.25, 0.3) is 0 Å². The van der Waals surface area contributed by atoms with Gasteiger partial charge >= 0.3 is 11.9 Å². The molecule has 3 heteroatoms. The van der Waals surface area contributed by atoms with Crippen LogP contribution < -0.4 is 0 Å². The van der Waals surface area contributed by atoms with Gasteiger partial charge in [0.25, 0.3) is 0 Å². The molecule has 0 saturated carbocycles. The third-order valence-corrected chi connectivity index (χ3v) is 2.20. The first-order valence-corrected chi connectivity index (χ1v) is 3.71. The molecule has 0 unspecified atom stereocenters. The number of cyclic esters (lactones) is 2. The Morgan fingerprint density at radius 2 is 2.18 bits per heavy atom. The predicted molar refractivity (Wildman–Crippen MR) is 36.5 cm³/mol. The van der Waals surface area contributed by atoms with Crippen LogP contribution in [0.5, 0.6) is 0 Å². The average Bonchev–Trinajstić information content (AvgIpc) is 2.30. The quantitative estimate of drug-likeness (QED) is 0.291. The highest BCUT2D eigenvalue weighted by Crippen LogP contribution is 2.32. The van der Waals surface area contributed by atoms with E-state index in [-0.39, 0.29) is 23.8 Å². The third-order valence-electron chi connectivity index (χ3n) is 2.20. The van der Waals surface area contributed by atoms with E-state index < -0.39 is 0 Å². The third kappa shape index (κ3) is 0.878. The zero-order chi connectivity index (χ0) is 7.84. The molecule has 0 spiro atoms. The van der Waals surface area contributed by atoms with Gasteiger partial charge in [-0.05, 0) is 12.8 Å². The van der Waals surface area contributed by atoms with Crippen molar-refractivity contribution in [2.75, 3.05) is 0 Å². The van der Waals surface area contributed by atoms with Gasteiger partial charge in [0.1, 0.15) is 0 Å². The highest BCUT2D eigenvalue weighted by atomic mass is 16.6. The minimum absolute atomic E-state index is 0.188. The molecule has 2 rings (SSSR count). The normalized spacial score (nSPS) is 35.3. The summed E-state index contributed by atoms with van der Waals surface area (Å²) in [5, 5.41) is 0. The van der Waals surface area contributed by atoms with Crippen LogP contribution in [0.2, 0.25) is 0 Å². The molecular weight excluding hydrogens is 144 g/mol. The van der Waals surface area contributed by atoms with Gasteiger partial charge in [-0.15, -0.1) is 0 Å². The van der Waals surface area contributed by atoms with Gasteiger partial charge in [0.05, 0.1) is 11.8 Å². The van der Waals surface area contributed by atoms with Crippen LogP contribution in [0.3, 0.4) is 0 Å². The summed E-state index contributed by atoms with van der Waals surface area (Å²) in [5.74, 6) is -1.19. The molecule has 1 aliphatic heterocycles. The number of hydrogen-bond donors (Lipinski definition) is 0. The Hall–Kier alpha value is -1.12. The molecule has 58 valence electrons. The van der Waals surface area contributed by atoms with E-state index in [9.17, 15) is 9.59 Å². The molecule has 0 bridgehead atoms. The molecule has 11 heavy (non-hydrogen) atoms. The number of carbonyl (C=O) groups excluding carboxylic acids is 2. The monoisotopic (exact) mass is 152 g/mol. The molecule has 1 saturated heterocycles. The molecule has 0 aromatic carbocycles. The number of allylic oxidation sites excluding steroid dienone is 1. The van der Waals surface area contributed by atoms with Crippen molar-refractivity contribution in [1.82, 2.24) is 0 Å². The topological polar surface area (TPSA) is 43.4 Å². The smallest absolute Gasteiger partial charge is 0.321 e. The Labute approximate surface area is 64.0 Å². The number of ether oxygens (including phenoxy) is 1. The molecule has 1 aliphatic carbocycles. The summed E-state index contributed by atoms with van der Waals surface area (Å²) in [7, 11) is 0. The average molecular weight is 152 g/mol. The standard InChI is InChI=1S/C8H8O3/c9-7-5-3-1-2-4-6(5)8(10)11-7/h1,3,5-6H,2,4H2/t5-,6+/m1/s1. The van der Waals surface area contributed by atoms with E-state index in [1.54, 1.807) is 6.08 Å². The van der Waals surface area contributed by atoms with Gasteiger partial charge in [-0.25, -0.2) is 0 Å². The Morgan fingerprint density at radius 1 is 1.36 bits per heavy atom. The zero-order valence-electron chi connectivity index (χ0n) is 5.95. The molecule has 0 aromatic rings. The van der Waals surface area contributed by atoms with Crippen molar-refractivity contribution in [2.45, 2.75) is 12.8 Å². The van der Waals surface area contributed by atoms with Crippen LogP contribution in [-0.4, -0.2) is 11.9 Å². The van der Waals surface area contributed by atoms with Crippen molar-refractivity contribution >= 4 is 11.9 Å². The van der Waals surface area contributed by atoms with Crippen molar-refractivity contribution in [3.8, 4) is 0 Å². The molecule has 0 radical (unpaired) electrons. The molecule has 0 aromatic heterocycles. The second-order valence-electron chi connectivity index (χ2n) is 2.88. The zero-order valence-corrected chi connectivity index (χ0v) is 5.95. The van der Waals surface area contributed by atoms with E-state index in [1.807, 2.05) is 6.08 Å². The number of fused-ring (bicyclic) bond motifs is 1. The molecular formula is C8H8O3. The number of hydrogen-bond acceptors (Lipinski definition) is 3. The minimum atomic E-state index is -0.379. The van der Waals surface area contributed by atoms with Gasteiger partial charge in [-0.2, -0.15) is 0 Å². The van der Waals surface area contributed by atoms with Crippen LogP contribution >= 0.6 is 0 Å². The van der Waals surface area contributed by atoms with Crippen LogP contribution in [0.15, 0.2) is 12.2 Å². The Balaban J connectivity index is 2.30. The van der Waals surface area contributed by atoms with Crippen LogP contribution in [0, 0.1) is 11.8 Å². The largest absolute Gasteiger partial charge is 0.392 e. The lowest BCUT2D eigenvalue weighted by Crippen LogP contribution is -2.17. The molecule has 0 N–H and O–H groups in total. The minimum Gasteiger partial charge on any atom is -0.392 e. The fourth-order valence-corrected chi connectivity index (χ4v) is 1.58. The van der Waals surface area contributed by atoms with Gasteiger partial charge < -0.3 is 4.74 Å². The van der Waals surface area contributed by atoms with E-state index in [0.29, 0.717) is 0 Å². The van der Waals surface area contributed by atoms with Crippen LogP contribution in [-0.2, 0) is 14.3 Å². The van der Waals surface area contributed by atoms with E-state index in [0.717, 1.165) is 12.8 Å². The molecule has 2 atom stereocenters. The summed E-state index contributed by atoms with van der Waals surface area (Å²) in [6, 6.07) is 0. The van der Waals surface area contributed by atoms with Gasteiger partial charge in [0.2, 0.25) is 0 Å². The maximum absolute atomic E-state index is 10.9. The second-order valence-corrected chi connectivity index (χ2v) is 2.88. The van der Waals surface area contributed by atoms with E-state index in [1.165, 1.54) is 0 Å². The van der Waals surface area contributed by atoms with E-state index in [2.05, 4.69) is 4.74 Å². The first-order chi connectivity index (χ1) is 5.29. The van der Waals surface area contributed by atoms with Gasteiger partial charge in [0.15, 0.2) is 0 Å². The number of esters is 2. The number of carbonyl (C=O) groups is 2. The molecule has 1 heterocycles. The van der Waals surface area contributed by atoms with Crippen molar-refractivity contribution < 1.29 is 14.3 Å². The summed E-state index contributed by atoms with van der Waals surface area (Å²) >= 11 is 0. The fourth-order valence-electron chi connectivity index (χ4n) is 1.58. The van der Waals surface area contributed by atoms with Crippen molar-refractivity contribution in [3.63, 3.8) is 0 Å². The van der Waals surface area contributed by atoms with Crippen molar-refractivity contribution in [3.05, 3.63) is 12.2 Å². The summed E-state index contributed by atoms with van der Waals surface area (Å²) < 4.78 is 4.48. The molecule has 0 amide bonds. The Morgan fingerprint density at radius 3 is 2.91 bits per heavy atom. The fraction of sp³-hybridized carbons (Fsp3) is 0.500. The lowest BCUT2D eigenvalue weighted by molar-refractivity contribution is -0.153. The van der Waals surface area contributed by atoms with Crippen LogP contribution in [0.4, 0.5) is 0 Å². The molecule has 1 fully saturated rings. The van der Waals surface area contributed by atoms with Gasteiger partial charge in [-0.1, -0.05) is 12.2 Å². The molecule has 2 aliphatic rings. The lowest BCUT2D eigenvalue weighted by atomic mass is 9.86. The second kappa shape index (κ2) is 2.19. The SMILES string of the molecule is O=C1OC(=O)[C@@H]2C=CCC[C@H]12. The van der Waals surface area contributed by atoms with Crippen LogP contribution in [0.1, 0.15) is 12.8 Å². The Bertz CT molecular complexity index is 242. The van der Waals surface area contributed by atoms with Gasteiger partial charge in [-0.3, -0.25) is 9.59 Å². The lowest BCUT2D eigenvalue weighted by Gasteiger charge is -2.12. The highest BCUT2D eigenvalue weighted by Gasteiger charge is 2.43. The first kappa shape index (κ1) is 6.58. The van der Waals surface area contributed by atoms with E-state index >= 15 is 0 Å². The van der Waals surface area contributed by atoms with Crippen molar-refractivity contribution in [1.29, 1.82) is 0 Å². The first-order valence-electron chi connectivity index (χ1n) is 3.71.